The molecular formula is C15H30N2O. The molecule has 0 radical (unpaired) electrons. The molecule has 1 aliphatic carbocycles. The average Bonchev–Trinajstić information content (AvgIpc) is 2.55. The van der Waals surface area contributed by atoms with Gasteiger partial charge in [0.15, 0.2) is 0 Å². The lowest BCUT2D eigenvalue weighted by atomic mass is 9.92. The minimum Gasteiger partial charge on any atom is -0.393 e. The molecule has 3 atom stereocenters. The molecule has 1 aliphatic heterocycles. The second-order valence-electron chi connectivity index (χ2n) is 6.44. The standard InChI is InChI=1S/C15H30N2O/c1-12(2)17-9-4-6-13(8-10-17)16-14-5-3-7-15(18)11-14/h12-16,18H,3-11H2,1-2H3. The SMILES string of the molecule is CC(C)N1CCCC(NC2CCCC(O)C2)CC1. The van der Waals surface area contributed by atoms with E-state index in [4.69, 9.17) is 0 Å². The van der Waals surface area contributed by atoms with E-state index >= 15 is 0 Å². The summed E-state index contributed by atoms with van der Waals surface area (Å²) in [6.45, 7) is 7.07. The molecule has 2 N–H and O–H groups in total. The van der Waals surface area contributed by atoms with Crippen molar-refractivity contribution in [3.63, 3.8) is 0 Å². The Morgan fingerprint density at radius 2 is 1.78 bits per heavy atom. The topological polar surface area (TPSA) is 35.5 Å². The van der Waals surface area contributed by atoms with Gasteiger partial charge in [-0.2, -0.15) is 0 Å². The Morgan fingerprint density at radius 1 is 1.00 bits per heavy atom. The molecule has 0 amide bonds. The van der Waals surface area contributed by atoms with Gasteiger partial charge in [0.05, 0.1) is 6.10 Å². The Hall–Kier alpha value is -0.120. The number of aliphatic hydroxyl groups excluding tert-OH is 1. The summed E-state index contributed by atoms with van der Waals surface area (Å²) < 4.78 is 0. The van der Waals surface area contributed by atoms with Gasteiger partial charge in [-0.3, -0.25) is 0 Å². The first-order chi connectivity index (χ1) is 8.65. The van der Waals surface area contributed by atoms with E-state index in [2.05, 4.69) is 24.1 Å². The molecule has 0 aromatic rings. The van der Waals surface area contributed by atoms with Crippen LogP contribution in [-0.4, -0.2) is 47.3 Å². The van der Waals surface area contributed by atoms with Crippen LogP contribution in [0.25, 0.3) is 0 Å². The third kappa shape index (κ3) is 4.22. The maximum Gasteiger partial charge on any atom is 0.0555 e. The Balaban J connectivity index is 1.76. The first-order valence-corrected chi connectivity index (χ1v) is 7.83. The molecule has 0 bridgehead atoms. The van der Waals surface area contributed by atoms with Crippen molar-refractivity contribution in [2.75, 3.05) is 13.1 Å². The van der Waals surface area contributed by atoms with Crippen molar-refractivity contribution in [1.82, 2.24) is 10.2 Å². The fourth-order valence-electron chi connectivity index (χ4n) is 3.45. The minimum absolute atomic E-state index is 0.0609. The molecule has 0 aromatic carbocycles. The molecular weight excluding hydrogens is 224 g/mol. The van der Waals surface area contributed by atoms with Gasteiger partial charge >= 0.3 is 0 Å². The Labute approximate surface area is 112 Å². The van der Waals surface area contributed by atoms with Gasteiger partial charge in [0, 0.05) is 18.1 Å². The van der Waals surface area contributed by atoms with Gasteiger partial charge in [-0.15, -0.1) is 0 Å². The van der Waals surface area contributed by atoms with Crippen LogP contribution in [0.15, 0.2) is 0 Å². The summed E-state index contributed by atoms with van der Waals surface area (Å²) in [7, 11) is 0. The summed E-state index contributed by atoms with van der Waals surface area (Å²) >= 11 is 0. The molecule has 3 heteroatoms. The highest BCUT2D eigenvalue weighted by Gasteiger charge is 2.24. The zero-order chi connectivity index (χ0) is 13.0. The fraction of sp³-hybridized carbons (Fsp3) is 1.00. The van der Waals surface area contributed by atoms with Crippen LogP contribution in [0.5, 0.6) is 0 Å². The Kier molecular flexibility index (Phi) is 5.46. The van der Waals surface area contributed by atoms with Crippen LogP contribution in [0.4, 0.5) is 0 Å². The largest absolute Gasteiger partial charge is 0.393 e. The lowest BCUT2D eigenvalue weighted by Crippen LogP contribution is -2.42. The molecule has 1 heterocycles. The van der Waals surface area contributed by atoms with E-state index in [1.807, 2.05) is 0 Å². The number of likely N-dealkylation sites (tertiary alicyclic amines) is 1. The van der Waals surface area contributed by atoms with Crippen molar-refractivity contribution in [2.24, 2.45) is 0 Å². The summed E-state index contributed by atoms with van der Waals surface area (Å²) in [6, 6.07) is 1.91. The van der Waals surface area contributed by atoms with Crippen LogP contribution in [0.3, 0.4) is 0 Å². The van der Waals surface area contributed by atoms with E-state index in [1.165, 1.54) is 45.2 Å². The van der Waals surface area contributed by atoms with Crippen LogP contribution >= 0.6 is 0 Å². The van der Waals surface area contributed by atoms with Crippen LogP contribution in [0, 0.1) is 0 Å². The second kappa shape index (κ2) is 6.88. The number of rotatable bonds is 3. The van der Waals surface area contributed by atoms with Crippen LogP contribution in [-0.2, 0) is 0 Å². The summed E-state index contributed by atoms with van der Waals surface area (Å²) in [4.78, 5) is 2.59. The molecule has 3 nitrogen and oxygen atoms in total. The third-order valence-electron chi connectivity index (χ3n) is 4.61. The summed E-state index contributed by atoms with van der Waals surface area (Å²) in [5, 5.41) is 13.5. The zero-order valence-corrected chi connectivity index (χ0v) is 12.1. The third-order valence-corrected chi connectivity index (χ3v) is 4.61. The normalized spacial score (nSPS) is 35.7. The molecule has 1 saturated carbocycles. The van der Waals surface area contributed by atoms with E-state index in [0.29, 0.717) is 18.1 Å². The number of hydrogen-bond donors (Lipinski definition) is 2. The van der Waals surface area contributed by atoms with Crippen molar-refractivity contribution < 1.29 is 5.11 Å². The average molecular weight is 254 g/mol. The predicted molar refractivity (Wildman–Crippen MR) is 75.7 cm³/mol. The first kappa shape index (κ1) is 14.3. The number of aliphatic hydroxyl groups is 1. The lowest BCUT2D eigenvalue weighted by molar-refractivity contribution is 0.107. The van der Waals surface area contributed by atoms with Crippen LogP contribution in [0.2, 0.25) is 0 Å². The molecule has 0 spiro atoms. The first-order valence-electron chi connectivity index (χ1n) is 7.83. The van der Waals surface area contributed by atoms with Crippen LogP contribution in [0.1, 0.15) is 58.8 Å². The second-order valence-corrected chi connectivity index (χ2v) is 6.44. The number of hydrogen-bond acceptors (Lipinski definition) is 3. The predicted octanol–water partition coefficient (Wildman–Crippen LogP) is 2.14. The quantitative estimate of drug-likeness (QED) is 0.810. The van der Waals surface area contributed by atoms with Crippen molar-refractivity contribution in [1.29, 1.82) is 0 Å². The lowest BCUT2D eigenvalue weighted by Gasteiger charge is -2.30. The highest BCUT2D eigenvalue weighted by atomic mass is 16.3. The molecule has 2 fully saturated rings. The van der Waals surface area contributed by atoms with Gasteiger partial charge in [0.25, 0.3) is 0 Å². The monoisotopic (exact) mass is 254 g/mol. The smallest absolute Gasteiger partial charge is 0.0555 e. The van der Waals surface area contributed by atoms with E-state index in [9.17, 15) is 5.11 Å². The number of nitrogens with one attached hydrogen (secondary N) is 1. The maximum absolute atomic E-state index is 9.73. The van der Waals surface area contributed by atoms with Gasteiger partial charge < -0.3 is 15.3 Å². The van der Waals surface area contributed by atoms with Crippen molar-refractivity contribution in [3.05, 3.63) is 0 Å². The highest BCUT2D eigenvalue weighted by Crippen LogP contribution is 2.21. The molecule has 3 unspecified atom stereocenters. The summed E-state index contributed by atoms with van der Waals surface area (Å²) in [6.07, 6.45) is 8.22. The van der Waals surface area contributed by atoms with Gasteiger partial charge in [0.1, 0.15) is 0 Å². The molecule has 2 rings (SSSR count). The fourth-order valence-corrected chi connectivity index (χ4v) is 3.45. The zero-order valence-electron chi connectivity index (χ0n) is 12.1. The Morgan fingerprint density at radius 3 is 2.50 bits per heavy atom. The Bertz CT molecular complexity index is 245. The minimum atomic E-state index is -0.0609. The van der Waals surface area contributed by atoms with Crippen molar-refractivity contribution >= 4 is 0 Å². The van der Waals surface area contributed by atoms with Crippen LogP contribution < -0.4 is 5.32 Å². The van der Waals surface area contributed by atoms with E-state index in [0.717, 1.165) is 12.8 Å². The molecule has 18 heavy (non-hydrogen) atoms. The van der Waals surface area contributed by atoms with Gasteiger partial charge in [-0.05, 0) is 71.9 Å². The molecule has 2 aliphatic rings. The maximum atomic E-state index is 9.73. The molecule has 106 valence electrons. The van der Waals surface area contributed by atoms with E-state index in [-0.39, 0.29) is 6.10 Å². The molecule has 1 saturated heterocycles. The van der Waals surface area contributed by atoms with E-state index < -0.39 is 0 Å². The van der Waals surface area contributed by atoms with Gasteiger partial charge in [-0.1, -0.05) is 0 Å². The van der Waals surface area contributed by atoms with Crippen molar-refractivity contribution in [2.45, 2.75) is 83.0 Å². The summed E-state index contributed by atoms with van der Waals surface area (Å²) in [5.41, 5.74) is 0. The van der Waals surface area contributed by atoms with E-state index in [1.54, 1.807) is 0 Å². The van der Waals surface area contributed by atoms with Crippen molar-refractivity contribution in [3.8, 4) is 0 Å². The molecule has 0 aromatic heterocycles. The van der Waals surface area contributed by atoms with Gasteiger partial charge in [-0.25, -0.2) is 0 Å². The summed E-state index contributed by atoms with van der Waals surface area (Å²) in [5.74, 6) is 0. The van der Waals surface area contributed by atoms with Gasteiger partial charge in [0.2, 0.25) is 0 Å². The highest BCUT2D eigenvalue weighted by molar-refractivity contribution is 4.83. The number of nitrogens with zero attached hydrogens (tertiary/aromatic N) is 1.